The monoisotopic (exact) mass is 368 g/mol. The van der Waals surface area contributed by atoms with Gasteiger partial charge in [-0.25, -0.2) is 5.10 Å². The molecule has 0 saturated heterocycles. The van der Waals surface area contributed by atoms with Crippen LogP contribution in [0.15, 0.2) is 47.6 Å². The summed E-state index contributed by atoms with van der Waals surface area (Å²) in [5, 5.41) is 11.6. The Bertz CT molecular complexity index is 974. The van der Waals surface area contributed by atoms with Crippen LogP contribution in [0.1, 0.15) is 18.1 Å². The maximum Gasteiger partial charge on any atom is 0.216 e. The number of hydrogen-bond donors (Lipinski definition) is 1. The zero-order valence-corrected chi connectivity index (χ0v) is 15.7. The molecule has 1 aromatic heterocycles. The Morgan fingerprint density at radius 1 is 1.12 bits per heavy atom. The number of rotatable bonds is 6. The average molecular weight is 368 g/mol. The summed E-state index contributed by atoms with van der Waals surface area (Å²) in [7, 11) is 3.19. The fourth-order valence-electron chi connectivity index (χ4n) is 2.52. The topological polar surface area (TPSA) is 64.4 Å². The predicted octanol–water partition coefficient (Wildman–Crippen LogP) is 4.07. The summed E-state index contributed by atoms with van der Waals surface area (Å²) in [4.78, 5) is 0. The lowest BCUT2D eigenvalue weighted by atomic mass is 10.1. The number of hydrogen-bond acceptors (Lipinski definition) is 5. The van der Waals surface area contributed by atoms with Crippen LogP contribution >= 0.6 is 12.2 Å². The van der Waals surface area contributed by atoms with Gasteiger partial charge in [0, 0.05) is 5.56 Å². The highest BCUT2D eigenvalue weighted by atomic mass is 32.1. The molecule has 134 valence electrons. The largest absolute Gasteiger partial charge is 0.493 e. The lowest BCUT2D eigenvalue weighted by molar-refractivity contribution is 0.355. The molecule has 3 rings (SSSR count). The molecule has 0 radical (unpaired) electrons. The van der Waals surface area contributed by atoms with Crippen LogP contribution in [0.3, 0.4) is 0 Å². The first kappa shape index (κ1) is 17.9. The summed E-state index contributed by atoms with van der Waals surface area (Å²) in [6.07, 6.45) is 2.77. The number of aromatic amines is 1. The van der Waals surface area contributed by atoms with Crippen LogP contribution in [-0.4, -0.2) is 35.3 Å². The van der Waals surface area contributed by atoms with Crippen molar-refractivity contribution in [1.82, 2.24) is 14.9 Å². The smallest absolute Gasteiger partial charge is 0.216 e. The van der Waals surface area contributed by atoms with Gasteiger partial charge >= 0.3 is 0 Å². The third-order valence-electron chi connectivity index (χ3n) is 4.00. The Morgan fingerprint density at radius 2 is 1.85 bits per heavy atom. The number of H-pyrrole nitrogens is 1. The minimum absolute atomic E-state index is 0.413. The number of nitrogens with one attached hydrogen (secondary N) is 1. The van der Waals surface area contributed by atoms with Crippen molar-refractivity contribution in [2.75, 3.05) is 14.2 Å². The van der Waals surface area contributed by atoms with Crippen molar-refractivity contribution in [3.8, 4) is 22.9 Å². The minimum atomic E-state index is 0.413. The van der Waals surface area contributed by atoms with Gasteiger partial charge in [-0.1, -0.05) is 31.2 Å². The first-order chi connectivity index (χ1) is 12.7. The summed E-state index contributed by atoms with van der Waals surface area (Å²) < 4.78 is 12.6. The Labute approximate surface area is 157 Å². The summed E-state index contributed by atoms with van der Waals surface area (Å²) >= 11 is 5.31. The molecule has 26 heavy (non-hydrogen) atoms. The van der Waals surface area contributed by atoms with Gasteiger partial charge in [0.1, 0.15) is 0 Å². The van der Waals surface area contributed by atoms with Crippen molar-refractivity contribution in [3.63, 3.8) is 0 Å². The zero-order valence-electron chi connectivity index (χ0n) is 14.9. The van der Waals surface area contributed by atoms with Gasteiger partial charge in [-0.2, -0.15) is 14.9 Å². The molecular weight excluding hydrogens is 348 g/mol. The van der Waals surface area contributed by atoms with Gasteiger partial charge in [-0.3, -0.25) is 0 Å². The van der Waals surface area contributed by atoms with Crippen molar-refractivity contribution in [2.45, 2.75) is 13.3 Å². The lowest BCUT2D eigenvalue weighted by Gasteiger charge is -2.09. The normalized spacial score (nSPS) is 11.0. The number of ether oxygens (including phenoxy) is 2. The molecule has 0 fully saturated rings. The second-order valence-corrected chi connectivity index (χ2v) is 5.96. The molecule has 0 bridgehead atoms. The van der Waals surface area contributed by atoms with E-state index in [2.05, 4.69) is 34.4 Å². The number of aryl methyl sites for hydroxylation is 1. The highest BCUT2D eigenvalue weighted by molar-refractivity contribution is 7.71. The van der Waals surface area contributed by atoms with Crippen LogP contribution in [0.25, 0.3) is 11.4 Å². The van der Waals surface area contributed by atoms with E-state index in [0.29, 0.717) is 22.1 Å². The van der Waals surface area contributed by atoms with Crippen molar-refractivity contribution >= 4 is 18.4 Å². The van der Waals surface area contributed by atoms with E-state index in [0.717, 1.165) is 17.5 Å². The standard InChI is InChI=1S/C19H20N4O2S/c1-4-13-5-7-14(8-6-13)12-20-23-18(21-22-19(23)26)15-9-10-16(24-2)17(11-15)25-3/h5-12H,4H2,1-3H3,(H,22,26)/b20-12+. The van der Waals surface area contributed by atoms with Crippen LogP contribution < -0.4 is 9.47 Å². The third kappa shape index (κ3) is 3.67. The number of aromatic nitrogens is 3. The molecule has 1 heterocycles. The molecule has 1 N–H and O–H groups in total. The molecular formula is C19H20N4O2S. The average Bonchev–Trinajstić information content (AvgIpc) is 3.06. The fraction of sp³-hybridized carbons (Fsp3) is 0.211. The first-order valence-corrected chi connectivity index (χ1v) is 8.60. The number of nitrogens with zero attached hydrogens (tertiary/aromatic N) is 3. The third-order valence-corrected chi connectivity index (χ3v) is 4.27. The van der Waals surface area contributed by atoms with Gasteiger partial charge in [0.25, 0.3) is 0 Å². The Kier molecular flexibility index (Phi) is 5.48. The molecule has 0 unspecified atom stereocenters. The van der Waals surface area contributed by atoms with E-state index in [-0.39, 0.29) is 0 Å². The molecule has 0 saturated carbocycles. The van der Waals surface area contributed by atoms with Crippen LogP contribution in [0.4, 0.5) is 0 Å². The van der Waals surface area contributed by atoms with Crippen molar-refractivity contribution < 1.29 is 9.47 Å². The second-order valence-electron chi connectivity index (χ2n) is 5.57. The van der Waals surface area contributed by atoms with E-state index < -0.39 is 0 Å². The molecule has 0 aliphatic carbocycles. The van der Waals surface area contributed by atoms with Gasteiger partial charge in [-0.05, 0) is 48.0 Å². The minimum Gasteiger partial charge on any atom is -0.493 e. The number of benzene rings is 2. The summed E-state index contributed by atoms with van der Waals surface area (Å²) in [6, 6.07) is 13.8. The maximum atomic E-state index is 5.36. The maximum absolute atomic E-state index is 5.36. The van der Waals surface area contributed by atoms with Crippen LogP contribution in [0, 0.1) is 4.77 Å². The summed E-state index contributed by atoms with van der Waals surface area (Å²) in [6.45, 7) is 2.13. The van der Waals surface area contributed by atoms with Gasteiger partial charge in [0.05, 0.1) is 20.4 Å². The highest BCUT2D eigenvalue weighted by Crippen LogP contribution is 2.31. The van der Waals surface area contributed by atoms with E-state index in [4.69, 9.17) is 21.7 Å². The van der Waals surface area contributed by atoms with Crippen LogP contribution in [0.2, 0.25) is 0 Å². The molecule has 0 spiro atoms. The zero-order chi connectivity index (χ0) is 18.5. The summed E-state index contributed by atoms with van der Waals surface area (Å²) in [5.74, 6) is 1.86. The first-order valence-electron chi connectivity index (χ1n) is 8.19. The molecule has 2 aromatic carbocycles. The van der Waals surface area contributed by atoms with Gasteiger partial charge in [0.2, 0.25) is 4.77 Å². The van der Waals surface area contributed by atoms with Crippen molar-refractivity contribution in [3.05, 3.63) is 58.4 Å². The van der Waals surface area contributed by atoms with Gasteiger partial charge in [0.15, 0.2) is 17.3 Å². The Balaban J connectivity index is 1.96. The van der Waals surface area contributed by atoms with Crippen LogP contribution in [0.5, 0.6) is 11.5 Å². The van der Waals surface area contributed by atoms with Gasteiger partial charge in [-0.15, -0.1) is 0 Å². The number of methoxy groups -OCH3 is 2. The van der Waals surface area contributed by atoms with E-state index in [1.54, 1.807) is 25.1 Å². The molecule has 7 heteroatoms. The molecule has 0 aliphatic rings. The predicted molar refractivity (Wildman–Crippen MR) is 105 cm³/mol. The quantitative estimate of drug-likeness (QED) is 0.526. The summed E-state index contributed by atoms with van der Waals surface area (Å²) in [5.41, 5.74) is 3.09. The lowest BCUT2D eigenvalue weighted by Crippen LogP contribution is -1.97. The van der Waals surface area contributed by atoms with Gasteiger partial charge < -0.3 is 9.47 Å². The van der Waals surface area contributed by atoms with E-state index in [1.165, 1.54) is 5.56 Å². The SMILES string of the molecule is CCc1ccc(/C=N/n2c(-c3ccc(OC)c(OC)c3)n[nH]c2=S)cc1. The van der Waals surface area contributed by atoms with Crippen molar-refractivity contribution in [2.24, 2.45) is 5.10 Å². The Morgan fingerprint density at radius 3 is 2.50 bits per heavy atom. The second kappa shape index (κ2) is 7.97. The highest BCUT2D eigenvalue weighted by Gasteiger charge is 2.12. The molecule has 0 atom stereocenters. The van der Waals surface area contributed by atoms with Crippen LogP contribution in [-0.2, 0) is 6.42 Å². The molecule has 3 aromatic rings. The Hall–Kier alpha value is -2.93. The fourth-order valence-corrected chi connectivity index (χ4v) is 2.70. The van der Waals surface area contributed by atoms with E-state index >= 15 is 0 Å². The van der Waals surface area contributed by atoms with E-state index in [9.17, 15) is 0 Å². The van der Waals surface area contributed by atoms with E-state index in [1.807, 2.05) is 30.3 Å². The molecule has 0 aliphatic heterocycles. The molecule has 6 nitrogen and oxygen atoms in total. The van der Waals surface area contributed by atoms with Crippen molar-refractivity contribution in [1.29, 1.82) is 0 Å². The molecule has 0 amide bonds.